The Morgan fingerprint density at radius 1 is 1.09 bits per heavy atom. The maximum atomic E-state index is 12.6. The van der Waals surface area contributed by atoms with Gasteiger partial charge in [0.1, 0.15) is 22.9 Å². The predicted molar refractivity (Wildman–Crippen MR) is 127 cm³/mol. The highest BCUT2D eigenvalue weighted by Crippen LogP contribution is 2.27. The fourth-order valence-electron chi connectivity index (χ4n) is 3.56. The lowest BCUT2D eigenvalue weighted by Crippen LogP contribution is -2.49. The Kier molecular flexibility index (Phi) is 9.27. The van der Waals surface area contributed by atoms with Crippen LogP contribution in [-0.4, -0.2) is 70.1 Å². The minimum absolute atomic E-state index is 0.131. The van der Waals surface area contributed by atoms with Crippen molar-refractivity contribution >= 4 is 29.4 Å². The SMILES string of the molecule is CCCCSc1ncnc(N2CCN(C(=O)CCCNC(=O)c3ccccn3)CC2)c1C. The Hall–Kier alpha value is -2.68. The molecule has 9 heteroatoms. The smallest absolute Gasteiger partial charge is 0.269 e. The van der Waals surface area contributed by atoms with Crippen molar-refractivity contribution in [2.45, 2.75) is 44.6 Å². The molecule has 8 nitrogen and oxygen atoms in total. The Morgan fingerprint density at radius 3 is 2.62 bits per heavy atom. The van der Waals surface area contributed by atoms with Crippen LogP contribution in [0.15, 0.2) is 35.7 Å². The lowest BCUT2D eigenvalue weighted by atomic mass is 10.2. The molecule has 1 saturated heterocycles. The van der Waals surface area contributed by atoms with E-state index in [4.69, 9.17) is 0 Å². The van der Waals surface area contributed by atoms with Gasteiger partial charge in [0.2, 0.25) is 5.91 Å². The molecule has 0 bridgehead atoms. The first-order valence-corrected chi connectivity index (χ1v) is 12.2. The molecule has 3 rings (SSSR count). The van der Waals surface area contributed by atoms with Crippen LogP contribution in [0, 0.1) is 6.92 Å². The monoisotopic (exact) mass is 456 g/mol. The second kappa shape index (κ2) is 12.4. The third kappa shape index (κ3) is 6.66. The molecule has 2 amide bonds. The highest BCUT2D eigenvalue weighted by atomic mass is 32.2. The number of amides is 2. The standard InChI is InChI=1S/C23H32N6O2S/c1-3-4-16-32-23-18(2)21(26-17-27-23)29-14-12-28(13-15-29)20(30)9-7-11-25-22(31)19-8-5-6-10-24-19/h5-6,8,10,17H,3-4,7,9,11-16H2,1-2H3,(H,25,31). The van der Waals surface area contributed by atoms with Gasteiger partial charge in [0.15, 0.2) is 0 Å². The van der Waals surface area contributed by atoms with E-state index in [1.54, 1.807) is 42.5 Å². The van der Waals surface area contributed by atoms with E-state index in [0.717, 1.165) is 35.2 Å². The van der Waals surface area contributed by atoms with Crippen LogP contribution in [0.5, 0.6) is 0 Å². The lowest BCUT2D eigenvalue weighted by Gasteiger charge is -2.36. The fraction of sp³-hybridized carbons (Fsp3) is 0.522. The number of carbonyl (C=O) groups excluding carboxylic acids is 2. The predicted octanol–water partition coefficient (Wildman–Crippen LogP) is 2.93. The molecule has 2 aromatic heterocycles. The van der Waals surface area contributed by atoms with Crippen molar-refractivity contribution in [1.29, 1.82) is 0 Å². The van der Waals surface area contributed by atoms with Crippen LogP contribution in [0.4, 0.5) is 5.82 Å². The molecular weight excluding hydrogens is 424 g/mol. The molecule has 1 N–H and O–H groups in total. The number of thioether (sulfide) groups is 1. The quantitative estimate of drug-likeness (QED) is 0.334. The van der Waals surface area contributed by atoms with Crippen LogP contribution in [0.3, 0.4) is 0 Å². The van der Waals surface area contributed by atoms with E-state index in [1.165, 1.54) is 12.8 Å². The first-order chi connectivity index (χ1) is 15.6. The molecule has 0 aromatic carbocycles. The number of pyridine rings is 1. The van der Waals surface area contributed by atoms with E-state index in [2.05, 4.69) is 39.0 Å². The molecule has 1 aliphatic heterocycles. The van der Waals surface area contributed by atoms with Gasteiger partial charge in [-0.3, -0.25) is 14.6 Å². The van der Waals surface area contributed by atoms with Gasteiger partial charge < -0.3 is 15.1 Å². The van der Waals surface area contributed by atoms with Crippen molar-refractivity contribution in [3.63, 3.8) is 0 Å². The molecule has 32 heavy (non-hydrogen) atoms. The van der Waals surface area contributed by atoms with E-state index in [0.29, 0.717) is 38.2 Å². The third-order valence-corrected chi connectivity index (χ3v) is 6.61. The van der Waals surface area contributed by atoms with Crippen molar-refractivity contribution in [2.75, 3.05) is 43.4 Å². The summed E-state index contributed by atoms with van der Waals surface area (Å²) in [6.45, 7) is 7.62. The van der Waals surface area contributed by atoms with E-state index in [9.17, 15) is 9.59 Å². The van der Waals surface area contributed by atoms with Crippen molar-refractivity contribution in [1.82, 2.24) is 25.2 Å². The molecule has 0 aliphatic carbocycles. The minimum Gasteiger partial charge on any atom is -0.353 e. The Balaban J connectivity index is 1.41. The molecule has 0 saturated carbocycles. The molecule has 2 aromatic rings. The Labute approximate surface area is 194 Å². The molecule has 0 atom stereocenters. The minimum atomic E-state index is -0.209. The third-order valence-electron chi connectivity index (χ3n) is 5.43. The summed E-state index contributed by atoms with van der Waals surface area (Å²) < 4.78 is 0. The maximum Gasteiger partial charge on any atom is 0.269 e. The molecule has 1 fully saturated rings. The Bertz CT molecular complexity index is 887. The Morgan fingerprint density at radius 2 is 1.91 bits per heavy atom. The van der Waals surface area contributed by atoms with Gasteiger partial charge in [-0.25, -0.2) is 9.97 Å². The van der Waals surface area contributed by atoms with E-state index >= 15 is 0 Å². The summed E-state index contributed by atoms with van der Waals surface area (Å²) in [5, 5.41) is 3.87. The van der Waals surface area contributed by atoms with Gasteiger partial charge >= 0.3 is 0 Å². The van der Waals surface area contributed by atoms with E-state index in [1.807, 2.05) is 4.90 Å². The molecule has 3 heterocycles. The van der Waals surface area contributed by atoms with Crippen LogP contribution in [0.1, 0.15) is 48.7 Å². The number of carbonyl (C=O) groups is 2. The van der Waals surface area contributed by atoms with Gasteiger partial charge in [-0.05, 0) is 37.7 Å². The number of unbranched alkanes of at least 4 members (excludes halogenated alkanes) is 1. The number of aromatic nitrogens is 3. The summed E-state index contributed by atoms with van der Waals surface area (Å²) >= 11 is 1.79. The number of hydrogen-bond donors (Lipinski definition) is 1. The molecule has 172 valence electrons. The maximum absolute atomic E-state index is 12.6. The largest absolute Gasteiger partial charge is 0.353 e. The van der Waals surface area contributed by atoms with Gasteiger partial charge in [-0.15, -0.1) is 11.8 Å². The molecule has 0 radical (unpaired) electrons. The second-order valence-corrected chi connectivity index (χ2v) is 8.86. The zero-order chi connectivity index (χ0) is 22.8. The number of rotatable bonds is 10. The van der Waals surface area contributed by atoms with Crippen molar-refractivity contribution in [3.05, 3.63) is 42.0 Å². The molecule has 0 unspecified atom stereocenters. The number of nitrogens with one attached hydrogen (secondary N) is 1. The highest BCUT2D eigenvalue weighted by Gasteiger charge is 2.23. The average molecular weight is 457 g/mol. The summed E-state index contributed by atoms with van der Waals surface area (Å²) in [7, 11) is 0. The summed E-state index contributed by atoms with van der Waals surface area (Å²) in [6.07, 6.45) is 6.63. The van der Waals surface area contributed by atoms with Gasteiger partial charge in [0, 0.05) is 50.9 Å². The first kappa shape index (κ1) is 24.0. The normalized spacial score (nSPS) is 13.8. The summed E-state index contributed by atoms with van der Waals surface area (Å²) in [6, 6.07) is 5.22. The fourth-order valence-corrected chi connectivity index (χ4v) is 4.61. The zero-order valence-electron chi connectivity index (χ0n) is 18.9. The number of anilines is 1. The number of piperazine rings is 1. The van der Waals surface area contributed by atoms with Crippen molar-refractivity contribution in [2.24, 2.45) is 0 Å². The number of hydrogen-bond acceptors (Lipinski definition) is 7. The lowest BCUT2D eigenvalue weighted by molar-refractivity contribution is -0.131. The second-order valence-electron chi connectivity index (χ2n) is 7.77. The van der Waals surface area contributed by atoms with E-state index < -0.39 is 0 Å². The molecule has 1 aliphatic rings. The highest BCUT2D eigenvalue weighted by molar-refractivity contribution is 7.99. The van der Waals surface area contributed by atoms with Crippen LogP contribution in [-0.2, 0) is 4.79 Å². The van der Waals surface area contributed by atoms with Crippen LogP contribution < -0.4 is 10.2 Å². The molecular formula is C23H32N6O2S. The first-order valence-electron chi connectivity index (χ1n) is 11.3. The van der Waals surface area contributed by atoms with Crippen molar-refractivity contribution in [3.8, 4) is 0 Å². The van der Waals surface area contributed by atoms with Gasteiger partial charge in [-0.2, -0.15) is 0 Å². The van der Waals surface area contributed by atoms with Gasteiger partial charge in [0.05, 0.1) is 0 Å². The van der Waals surface area contributed by atoms with Crippen LogP contribution in [0.2, 0.25) is 0 Å². The zero-order valence-corrected chi connectivity index (χ0v) is 19.7. The van der Waals surface area contributed by atoms with Crippen molar-refractivity contribution < 1.29 is 9.59 Å². The summed E-state index contributed by atoms with van der Waals surface area (Å²) in [5.74, 6) is 1.97. The summed E-state index contributed by atoms with van der Waals surface area (Å²) in [5.41, 5.74) is 1.51. The topological polar surface area (TPSA) is 91.3 Å². The molecule has 0 spiro atoms. The summed E-state index contributed by atoms with van der Waals surface area (Å²) in [4.78, 5) is 41.7. The van der Waals surface area contributed by atoms with Gasteiger partial charge in [-0.1, -0.05) is 19.4 Å². The van der Waals surface area contributed by atoms with Gasteiger partial charge in [0.25, 0.3) is 5.91 Å². The number of nitrogens with zero attached hydrogens (tertiary/aromatic N) is 5. The average Bonchev–Trinajstić information content (AvgIpc) is 2.83. The van der Waals surface area contributed by atoms with Crippen LogP contribution >= 0.6 is 11.8 Å². The van der Waals surface area contributed by atoms with Crippen LogP contribution in [0.25, 0.3) is 0 Å². The van der Waals surface area contributed by atoms with E-state index in [-0.39, 0.29) is 11.8 Å².